The Labute approximate surface area is 96.9 Å². The maximum Gasteiger partial charge on any atom is 0.221 e. The average Bonchev–Trinajstić information content (AvgIpc) is 2.21. The Morgan fingerprint density at radius 3 is 2.81 bits per heavy atom. The first-order chi connectivity index (χ1) is 7.45. The summed E-state index contributed by atoms with van der Waals surface area (Å²) in [6, 6.07) is 0.103. The summed E-state index contributed by atoms with van der Waals surface area (Å²) in [5.74, 6) is -0.0412. The molecular formula is C10H20N2O3S. The Hall–Kier alpha value is -0.620. The van der Waals surface area contributed by atoms with Crippen molar-refractivity contribution in [3.8, 4) is 0 Å². The lowest BCUT2D eigenvalue weighted by Crippen LogP contribution is -2.46. The Morgan fingerprint density at radius 1 is 1.56 bits per heavy atom. The second-order valence-corrected chi connectivity index (χ2v) is 6.67. The van der Waals surface area contributed by atoms with Crippen molar-refractivity contribution in [1.29, 1.82) is 0 Å². The molecule has 1 heterocycles. The third kappa shape index (κ3) is 3.75. The smallest absolute Gasteiger partial charge is 0.221 e. The molecule has 1 amide bonds. The van der Waals surface area contributed by atoms with Crippen LogP contribution in [0.2, 0.25) is 0 Å². The van der Waals surface area contributed by atoms with Gasteiger partial charge in [0.2, 0.25) is 5.91 Å². The third-order valence-corrected chi connectivity index (χ3v) is 5.00. The largest absolute Gasteiger partial charge is 0.354 e. The van der Waals surface area contributed by atoms with Crippen LogP contribution in [0.4, 0.5) is 0 Å². The molecule has 2 unspecified atom stereocenters. The fourth-order valence-corrected chi connectivity index (χ4v) is 3.15. The molecule has 0 bridgehead atoms. The Bertz CT molecular complexity index is 340. The van der Waals surface area contributed by atoms with E-state index in [1.54, 1.807) is 0 Å². The molecule has 5 nitrogen and oxygen atoms in total. The number of rotatable bonds is 4. The number of sulfone groups is 1. The van der Waals surface area contributed by atoms with Crippen LogP contribution in [0.1, 0.15) is 26.7 Å². The summed E-state index contributed by atoms with van der Waals surface area (Å²) in [6.45, 7) is 4.76. The lowest BCUT2D eigenvalue weighted by Gasteiger charge is -2.23. The van der Waals surface area contributed by atoms with Gasteiger partial charge >= 0.3 is 0 Å². The minimum Gasteiger partial charge on any atom is -0.354 e. The van der Waals surface area contributed by atoms with Gasteiger partial charge in [0.05, 0.1) is 11.0 Å². The van der Waals surface area contributed by atoms with Crippen LogP contribution >= 0.6 is 0 Å². The minimum absolute atomic E-state index is 0.0691. The van der Waals surface area contributed by atoms with Crippen LogP contribution in [-0.2, 0) is 14.6 Å². The summed E-state index contributed by atoms with van der Waals surface area (Å²) < 4.78 is 23.3. The van der Waals surface area contributed by atoms with E-state index in [0.29, 0.717) is 13.1 Å². The Kier molecular flexibility index (Phi) is 4.73. The highest BCUT2D eigenvalue weighted by Crippen LogP contribution is 2.10. The van der Waals surface area contributed by atoms with Gasteiger partial charge in [0.25, 0.3) is 0 Å². The highest BCUT2D eigenvalue weighted by molar-refractivity contribution is 7.92. The molecular weight excluding hydrogens is 228 g/mol. The van der Waals surface area contributed by atoms with Gasteiger partial charge in [-0.25, -0.2) is 8.42 Å². The number of hydrogen-bond donors (Lipinski definition) is 2. The molecule has 2 N–H and O–H groups in total. The highest BCUT2D eigenvalue weighted by Gasteiger charge is 2.30. The van der Waals surface area contributed by atoms with Gasteiger partial charge in [-0.2, -0.15) is 0 Å². The van der Waals surface area contributed by atoms with Gasteiger partial charge in [0, 0.05) is 25.6 Å². The molecule has 0 aliphatic carbocycles. The second-order valence-electron chi connectivity index (χ2n) is 4.27. The predicted molar refractivity (Wildman–Crippen MR) is 63.0 cm³/mol. The predicted octanol–water partition coefficient (Wildman–Crippen LogP) is -0.322. The standard InChI is InChI=1S/C10H20N2O3S/c1-3-8(2)12-10(13)6-9-7-11-4-5-16(9,14)15/h8-9,11H,3-7H2,1-2H3,(H,12,13). The summed E-state index contributed by atoms with van der Waals surface area (Å²) in [6.07, 6.45) is 0.918. The number of carbonyl (C=O) groups is 1. The zero-order chi connectivity index (χ0) is 12.2. The SMILES string of the molecule is CCC(C)NC(=O)CC1CNCCS1(=O)=O. The van der Waals surface area contributed by atoms with E-state index in [4.69, 9.17) is 0 Å². The first-order valence-electron chi connectivity index (χ1n) is 5.67. The molecule has 1 saturated heterocycles. The van der Waals surface area contributed by atoms with Gasteiger partial charge < -0.3 is 10.6 Å². The highest BCUT2D eigenvalue weighted by atomic mass is 32.2. The first kappa shape index (κ1) is 13.4. The summed E-state index contributed by atoms with van der Waals surface area (Å²) in [5, 5.41) is 5.22. The molecule has 0 radical (unpaired) electrons. The molecule has 0 spiro atoms. The molecule has 1 aliphatic rings. The van der Waals surface area contributed by atoms with Crippen molar-refractivity contribution < 1.29 is 13.2 Å². The second kappa shape index (κ2) is 5.63. The number of amides is 1. The minimum atomic E-state index is -3.08. The van der Waals surface area contributed by atoms with Crippen molar-refractivity contribution in [1.82, 2.24) is 10.6 Å². The van der Waals surface area contributed by atoms with Crippen molar-refractivity contribution >= 4 is 15.7 Å². The van der Waals surface area contributed by atoms with Gasteiger partial charge in [0.1, 0.15) is 0 Å². The molecule has 0 aromatic rings. The van der Waals surface area contributed by atoms with Gasteiger partial charge in [-0.15, -0.1) is 0 Å². The van der Waals surface area contributed by atoms with E-state index >= 15 is 0 Å². The fourth-order valence-electron chi connectivity index (χ4n) is 1.61. The van der Waals surface area contributed by atoms with Crippen LogP contribution in [-0.4, -0.2) is 44.5 Å². The quantitative estimate of drug-likeness (QED) is 0.715. The molecule has 16 heavy (non-hydrogen) atoms. The van der Waals surface area contributed by atoms with E-state index in [-0.39, 0.29) is 24.1 Å². The van der Waals surface area contributed by atoms with Gasteiger partial charge in [-0.05, 0) is 13.3 Å². The van der Waals surface area contributed by atoms with Crippen LogP contribution in [0.25, 0.3) is 0 Å². The molecule has 1 aliphatic heterocycles. The average molecular weight is 248 g/mol. The van der Waals surface area contributed by atoms with Crippen molar-refractivity contribution in [3.63, 3.8) is 0 Å². The van der Waals surface area contributed by atoms with Crippen LogP contribution in [0.15, 0.2) is 0 Å². The normalized spacial score (nSPS) is 26.0. The van der Waals surface area contributed by atoms with E-state index in [2.05, 4.69) is 10.6 Å². The van der Waals surface area contributed by atoms with Crippen LogP contribution < -0.4 is 10.6 Å². The first-order valence-corrected chi connectivity index (χ1v) is 7.39. The van der Waals surface area contributed by atoms with Gasteiger partial charge in [-0.3, -0.25) is 4.79 Å². The van der Waals surface area contributed by atoms with Crippen molar-refractivity contribution in [3.05, 3.63) is 0 Å². The van der Waals surface area contributed by atoms with Crippen LogP contribution in [0.3, 0.4) is 0 Å². The monoisotopic (exact) mass is 248 g/mol. The molecule has 94 valence electrons. The molecule has 1 fully saturated rings. The molecule has 2 atom stereocenters. The topological polar surface area (TPSA) is 75.3 Å². The summed E-state index contributed by atoms with van der Waals surface area (Å²) in [7, 11) is -3.08. The zero-order valence-corrected chi connectivity index (χ0v) is 10.6. The summed E-state index contributed by atoms with van der Waals surface area (Å²) in [4.78, 5) is 11.6. The molecule has 1 rings (SSSR count). The van der Waals surface area contributed by atoms with E-state index in [1.807, 2.05) is 13.8 Å². The Balaban J connectivity index is 2.50. The summed E-state index contributed by atoms with van der Waals surface area (Å²) >= 11 is 0. The molecule has 0 aromatic heterocycles. The molecule has 6 heteroatoms. The van der Waals surface area contributed by atoms with E-state index < -0.39 is 15.1 Å². The van der Waals surface area contributed by atoms with E-state index in [0.717, 1.165) is 6.42 Å². The van der Waals surface area contributed by atoms with Crippen molar-refractivity contribution in [2.45, 2.75) is 38.0 Å². The number of carbonyl (C=O) groups excluding carboxylic acids is 1. The van der Waals surface area contributed by atoms with Crippen LogP contribution in [0.5, 0.6) is 0 Å². The van der Waals surface area contributed by atoms with E-state index in [9.17, 15) is 13.2 Å². The molecule has 0 saturated carbocycles. The maximum absolute atomic E-state index is 11.7. The molecule has 0 aromatic carbocycles. The third-order valence-electron chi connectivity index (χ3n) is 2.88. The van der Waals surface area contributed by atoms with Crippen LogP contribution in [0, 0.1) is 0 Å². The van der Waals surface area contributed by atoms with E-state index in [1.165, 1.54) is 0 Å². The van der Waals surface area contributed by atoms with Crippen molar-refractivity contribution in [2.75, 3.05) is 18.8 Å². The lowest BCUT2D eigenvalue weighted by atomic mass is 10.2. The number of nitrogens with one attached hydrogen (secondary N) is 2. The number of hydrogen-bond acceptors (Lipinski definition) is 4. The van der Waals surface area contributed by atoms with Gasteiger partial charge in [0.15, 0.2) is 9.84 Å². The maximum atomic E-state index is 11.7. The lowest BCUT2D eigenvalue weighted by molar-refractivity contribution is -0.121. The summed E-state index contributed by atoms with van der Waals surface area (Å²) in [5.41, 5.74) is 0. The zero-order valence-electron chi connectivity index (χ0n) is 9.82. The van der Waals surface area contributed by atoms with Crippen molar-refractivity contribution in [2.24, 2.45) is 0 Å². The fraction of sp³-hybridized carbons (Fsp3) is 0.900. The van der Waals surface area contributed by atoms with Gasteiger partial charge in [-0.1, -0.05) is 6.92 Å². The Morgan fingerprint density at radius 2 is 2.25 bits per heavy atom.